The van der Waals surface area contributed by atoms with Gasteiger partial charge in [-0.25, -0.2) is 0 Å². The van der Waals surface area contributed by atoms with E-state index >= 15 is 0 Å². The normalized spacial score (nSPS) is 12.0. The van der Waals surface area contributed by atoms with Crippen molar-refractivity contribution >= 4 is 11.8 Å². The number of carbonyl (C=O) groups excluding carboxylic acids is 2. The van der Waals surface area contributed by atoms with Crippen molar-refractivity contribution in [2.24, 2.45) is 0 Å². The first-order chi connectivity index (χ1) is 17.2. The van der Waals surface area contributed by atoms with Gasteiger partial charge in [0.05, 0.1) is 6.61 Å². The quantitative estimate of drug-likeness (QED) is 0.353. The van der Waals surface area contributed by atoms with E-state index in [1.165, 1.54) is 5.56 Å². The van der Waals surface area contributed by atoms with Crippen molar-refractivity contribution in [2.75, 3.05) is 6.61 Å². The number of hydrogen-bond acceptors (Lipinski definition) is 3. The molecule has 1 N–H and O–H groups in total. The van der Waals surface area contributed by atoms with Crippen molar-refractivity contribution in [2.45, 2.75) is 65.1 Å². The average Bonchev–Trinajstić information content (AvgIpc) is 2.85. The minimum absolute atomic E-state index is 0.0589. The Kier molecular flexibility index (Phi) is 9.69. The molecule has 5 heteroatoms. The van der Waals surface area contributed by atoms with Gasteiger partial charge in [0, 0.05) is 24.9 Å². The van der Waals surface area contributed by atoms with Gasteiger partial charge in [-0.05, 0) is 57.4 Å². The zero-order valence-corrected chi connectivity index (χ0v) is 21.9. The molecule has 0 aromatic heterocycles. The summed E-state index contributed by atoms with van der Waals surface area (Å²) in [5, 5.41) is 3.10. The van der Waals surface area contributed by atoms with Crippen LogP contribution in [-0.2, 0) is 22.6 Å². The fraction of sp³-hybridized carbons (Fsp3) is 0.355. The molecule has 2 amide bonds. The molecule has 0 radical (unpaired) electrons. The van der Waals surface area contributed by atoms with Crippen molar-refractivity contribution < 1.29 is 14.3 Å². The number of hydrogen-bond donors (Lipinski definition) is 1. The van der Waals surface area contributed by atoms with Gasteiger partial charge in [-0.3, -0.25) is 9.59 Å². The maximum Gasteiger partial charge on any atom is 0.243 e. The molecular formula is C31H38N2O3. The maximum atomic E-state index is 13.6. The summed E-state index contributed by atoms with van der Waals surface area (Å²) in [7, 11) is 0. The minimum atomic E-state index is -0.627. The van der Waals surface area contributed by atoms with E-state index in [4.69, 9.17) is 4.74 Å². The molecule has 0 spiro atoms. The molecule has 36 heavy (non-hydrogen) atoms. The zero-order valence-electron chi connectivity index (χ0n) is 21.9. The predicted octanol–water partition coefficient (Wildman–Crippen LogP) is 5.71. The lowest BCUT2D eigenvalue weighted by Gasteiger charge is -2.34. The lowest BCUT2D eigenvalue weighted by atomic mass is 10.00. The van der Waals surface area contributed by atoms with E-state index in [2.05, 4.69) is 5.32 Å². The average molecular weight is 487 g/mol. The van der Waals surface area contributed by atoms with E-state index in [1.54, 1.807) is 4.90 Å². The summed E-state index contributed by atoms with van der Waals surface area (Å²) >= 11 is 0. The first-order valence-corrected chi connectivity index (χ1v) is 12.6. The largest absolute Gasteiger partial charge is 0.494 e. The molecule has 3 aromatic rings. The highest BCUT2D eigenvalue weighted by Gasteiger charge is 2.31. The van der Waals surface area contributed by atoms with Crippen molar-refractivity contribution in [1.29, 1.82) is 0 Å². The van der Waals surface area contributed by atoms with Crippen LogP contribution in [-0.4, -0.2) is 34.9 Å². The van der Waals surface area contributed by atoms with Crippen molar-refractivity contribution in [3.8, 4) is 5.75 Å². The smallest absolute Gasteiger partial charge is 0.243 e. The summed E-state index contributed by atoms with van der Waals surface area (Å²) in [4.78, 5) is 28.8. The Balaban J connectivity index is 1.78. The Morgan fingerprint density at radius 2 is 1.44 bits per heavy atom. The molecule has 0 aliphatic heterocycles. The van der Waals surface area contributed by atoms with Crippen LogP contribution in [0.4, 0.5) is 0 Å². The standard InChI is InChI=1S/C31H38N2O3/c1-24-17-19-27(20-18-24)36-21-11-16-29(34)33(23-26-14-9-6-10-15-26)28(30(35)32-31(2,3)4)22-25-12-7-5-8-13-25/h5-10,12-15,17-20,28H,11,16,21-23H2,1-4H3,(H,32,35)/t28-/m0/s1. The van der Waals surface area contributed by atoms with Crippen LogP contribution in [0.3, 0.4) is 0 Å². The number of nitrogens with one attached hydrogen (secondary N) is 1. The Morgan fingerprint density at radius 3 is 2.03 bits per heavy atom. The highest BCUT2D eigenvalue weighted by molar-refractivity contribution is 5.88. The SMILES string of the molecule is Cc1ccc(OCCCC(=O)N(Cc2ccccc2)[C@@H](Cc2ccccc2)C(=O)NC(C)(C)C)cc1. The third-order valence-electron chi connectivity index (χ3n) is 5.79. The van der Waals surface area contributed by atoms with E-state index in [0.29, 0.717) is 32.4 Å². The van der Waals surface area contributed by atoms with E-state index < -0.39 is 11.6 Å². The summed E-state index contributed by atoms with van der Waals surface area (Å²) in [6, 6.07) is 27.0. The molecule has 1 atom stereocenters. The number of amides is 2. The third-order valence-corrected chi connectivity index (χ3v) is 5.79. The van der Waals surface area contributed by atoms with Gasteiger partial charge in [0.25, 0.3) is 0 Å². The number of ether oxygens (including phenoxy) is 1. The van der Waals surface area contributed by atoms with Crippen LogP contribution in [0.15, 0.2) is 84.9 Å². The van der Waals surface area contributed by atoms with E-state index in [-0.39, 0.29) is 11.8 Å². The molecule has 0 heterocycles. The minimum Gasteiger partial charge on any atom is -0.494 e. The molecule has 0 aliphatic carbocycles. The third kappa shape index (κ3) is 8.88. The van der Waals surface area contributed by atoms with Gasteiger partial charge in [0.15, 0.2) is 0 Å². The second-order valence-electron chi connectivity index (χ2n) is 10.2. The van der Waals surface area contributed by atoms with E-state index in [1.807, 2.05) is 113 Å². The fourth-order valence-corrected chi connectivity index (χ4v) is 3.98. The van der Waals surface area contributed by atoms with E-state index in [9.17, 15) is 9.59 Å². The van der Waals surface area contributed by atoms with Crippen molar-refractivity contribution in [3.63, 3.8) is 0 Å². The molecule has 0 fully saturated rings. The van der Waals surface area contributed by atoms with Crippen LogP contribution >= 0.6 is 0 Å². The Bertz CT molecular complexity index is 1090. The van der Waals surface area contributed by atoms with Crippen molar-refractivity contribution in [3.05, 3.63) is 102 Å². The van der Waals surface area contributed by atoms with Gasteiger partial charge in [-0.15, -0.1) is 0 Å². The molecule has 0 bridgehead atoms. The molecule has 0 saturated heterocycles. The second kappa shape index (κ2) is 12.9. The van der Waals surface area contributed by atoms with Gasteiger partial charge in [0.2, 0.25) is 11.8 Å². The first kappa shape index (κ1) is 27.0. The van der Waals surface area contributed by atoms with Crippen LogP contribution in [0.25, 0.3) is 0 Å². The molecule has 0 aliphatic rings. The first-order valence-electron chi connectivity index (χ1n) is 12.6. The maximum absolute atomic E-state index is 13.6. The number of aryl methyl sites for hydroxylation is 1. The summed E-state index contributed by atoms with van der Waals surface area (Å²) in [5.74, 6) is 0.587. The van der Waals surface area contributed by atoms with Gasteiger partial charge in [-0.1, -0.05) is 78.4 Å². The molecule has 0 unspecified atom stereocenters. The summed E-state index contributed by atoms with van der Waals surface area (Å²) < 4.78 is 5.83. The predicted molar refractivity (Wildman–Crippen MR) is 145 cm³/mol. The number of benzene rings is 3. The van der Waals surface area contributed by atoms with Gasteiger partial charge >= 0.3 is 0 Å². The molecule has 0 saturated carbocycles. The molecular weight excluding hydrogens is 448 g/mol. The highest BCUT2D eigenvalue weighted by atomic mass is 16.5. The lowest BCUT2D eigenvalue weighted by molar-refractivity contribution is -0.142. The molecule has 190 valence electrons. The number of rotatable bonds is 11. The zero-order chi connectivity index (χ0) is 26.0. The van der Waals surface area contributed by atoms with Crippen LogP contribution < -0.4 is 10.1 Å². The van der Waals surface area contributed by atoms with Gasteiger partial charge < -0.3 is 15.0 Å². The molecule has 3 rings (SSSR count). The highest BCUT2D eigenvalue weighted by Crippen LogP contribution is 2.18. The summed E-state index contributed by atoms with van der Waals surface area (Å²) in [6.45, 7) is 8.70. The monoisotopic (exact) mass is 486 g/mol. The Morgan fingerprint density at radius 1 is 0.861 bits per heavy atom. The van der Waals surface area contributed by atoms with Crippen molar-refractivity contribution in [1.82, 2.24) is 10.2 Å². The van der Waals surface area contributed by atoms with Gasteiger partial charge in [0.1, 0.15) is 11.8 Å². The Labute approximate surface area is 215 Å². The number of nitrogens with zero attached hydrogens (tertiary/aromatic N) is 1. The number of carbonyl (C=O) groups is 2. The molecule has 3 aromatic carbocycles. The molecule has 5 nitrogen and oxygen atoms in total. The van der Waals surface area contributed by atoms with Crippen LogP contribution in [0.1, 0.15) is 50.3 Å². The second-order valence-corrected chi connectivity index (χ2v) is 10.2. The summed E-state index contributed by atoms with van der Waals surface area (Å²) in [6.07, 6.45) is 1.31. The Hall–Kier alpha value is -3.60. The van der Waals surface area contributed by atoms with Gasteiger partial charge in [-0.2, -0.15) is 0 Å². The van der Waals surface area contributed by atoms with Crippen LogP contribution in [0.2, 0.25) is 0 Å². The summed E-state index contributed by atoms with van der Waals surface area (Å²) in [5.41, 5.74) is 2.77. The fourth-order valence-electron chi connectivity index (χ4n) is 3.98. The lowest BCUT2D eigenvalue weighted by Crippen LogP contribution is -2.54. The van der Waals surface area contributed by atoms with Crippen LogP contribution in [0.5, 0.6) is 5.75 Å². The van der Waals surface area contributed by atoms with Crippen LogP contribution in [0, 0.1) is 6.92 Å². The topological polar surface area (TPSA) is 58.6 Å². The van der Waals surface area contributed by atoms with E-state index in [0.717, 1.165) is 16.9 Å².